The monoisotopic (exact) mass is 369 g/mol. The lowest BCUT2D eigenvalue weighted by Crippen LogP contribution is -2.41. The van der Waals surface area contributed by atoms with Crippen LogP contribution in [0.25, 0.3) is 11.4 Å². The number of hydrogen-bond donors (Lipinski definition) is 4. The van der Waals surface area contributed by atoms with Crippen molar-refractivity contribution in [3.63, 3.8) is 0 Å². The van der Waals surface area contributed by atoms with Gasteiger partial charge in [-0.15, -0.1) is 0 Å². The lowest BCUT2D eigenvalue weighted by molar-refractivity contribution is -0.125. The standard InChI is InChI=1S/C17H19N7O3/c18-7-14(25)20-9-15(26)22-13(6-12-8-19-10-21-12)17-23-16(24-27-17)11-4-2-1-3-5-11/h1-5,8,10,13H,6-7,9,18H2,(H,19,21)(H,20,25)(H,22,26). The summed E-state index contributed by atoms with van der Waals surface area (Å²) in [7, 11) is 0. The van der Waals surface area contributed by atoms with Gasteiger partial charge in [-0.25, -0.2) is 4.98 Å². The summed E-state index contributed by atoms with van der Waals surface area (Å²) in [5, 5.41) is 9.18. The number of carbonyl (C=O) groups excluding carboxylic acids is 2. The van der Waals surface area contributed by atoms with E-state index in [1.165, 1.54) is 0 Å². The van der Waals surface area contributed by atoms with Gasteiger partial charge in [-0.2, -0.15) is 4.98 Å². The van der Waals surface area contributed by atoms with Crippen molar-refractivity contribution in [2.75, 3.05) is 13.1 Å². The lowest BCUT2D eigenvalue weighted by atomic mass is 10.1. The number of rotatable bonds is 8. The Hall–Kier alpha value is -3.53. The van der Waals surface area contributed by atoms with Crippen molar-refractivity contribution in [1.82, 2.24) is 30.7 Å². The molecule has 5 N–H and O–H groups in total. The van der Waals surface area contributed by atoms with Gasteiger partial charge in [0.05, 0.1) is 19.4 Å². The first-order valence-corrected chi connectivity index (χ1v) is 8.28. The van der Waals surface area contributed by atoms with E-state index in [0.717, 1.165) is 11.3 Å². The van der Waals surface area contributed by atoms with Crippen LogP contribution in [-0.4, -0.2) is 45.0 Å². The number of benzene rings is 1. The highest BCUT2D eigenvalue weighted by Crippen LogP contribution is 2.20. The molecular weight excluding hydrogens is 350 g/mol. The molecule has 27 heavy (non-hydrogen) atoms. The molecule has 3 rings (SSSR count). The fraction of sp³-hybridized carbons (Fsp3) is 0.235. The zero-order valence-electron chi connectivity index (χ0n) is 14.4. The van der Waals surface area contributed by atoms with Crippen LogP contribution in [0.5, 0.6) is 0 Å². The molecule has 0 aliphatic carbocycles. The van der Waals surface area contributed by atoms with E-state index in [1.807, 2.05) is 30.3 Å². The molecule has 2 heterocycles. The van der Waals surface area contributed by atoms with Crippen molar-refractivity contribution in [2.45, 2.75) is 12.5 Å². The molecule has 1 atom stereocenters. The molecule has 3 aromatic rings. The van der Waals surface area contributed by atoms with Crippen LogP contribution < -0.4 is 16.4 Å². The van der Waals surface area contributed by atoms with Gasteiger partial charge in [-0.05, 0) is 0 Å². The second-order valence-corrected chi connectivity index (χ2v) is 5.70. The first kappa shape index (κ1) is 18.3. The molecule has 2 aromatic heterocycles. The van der Waals surface area contributed by atoms with Crippen LogP contribution in [0, 0.1) is 0 Å². The van der Waals surface area contributed by atoms with Gasteiger partial charge in [-0.1, -0.05) is 35.5 Å². The largest absolute Gasteiger partial charge is 0.348 e. The molecule has 140 valence electrons. The molecule has 2 amide bonds. The number of amides is 2. The van der Waals surface area contributed by atoms with Crippen molar-refractivity contribution in [3.05, 3.63) is 54.4 Å². The summed E-state index contributed by atoms with van der Waals surface area (Å²) >= 11 is 0. The molecule has 1 aromatic carbocycles. The van der Waals surface area contributed by atoms with Crippen molar-refractivity contribution < 1.29 is 14.1 Å². The van der Waals surface area contributed by atoms with E-state index in [4.69, 9.17) is 10.3 Å². The van der Waals surface area contributed by atoms with Crippen LogP contribution in [0.2, 0.25) is 0 Å². The van der Waals surface area contributed by atoms with Crippen LogP contribution in [0.3, 0.4) is 0 Å². The number of nitrogens with two attached hydrogens (primary N) is 1. The Kier molecular flexibility index (Phi) is 5.90. The van der Waals surface area contributed by atoms with Crippen LogP contribution in [0.15, 0.2) is 47.4 Å². The van der Waals surface area contributed by atoms with Crippen LogP contribution in [0.1, 0.15) is 17.6 Å². The summed E-state index contributed by atoms with van der Waals surface area (Å²) in [5.41, 5.74) is 6.79. The fourth-order valence-corrected chi connectivity index (χ4v) is 2.39. The number of H-pyrrole nitrogens is 1. The van der Waals surface area contributed by atoms with Crippen LogP contribution in [0.4, 0.5) is 0 Å². The van der Waals surface area contributed by atoms with Gasteiger partial charge in [-0.3, -0.25) is 9.59 Å². The quantitative estimate of drug-likeness (QED) is 0.434. The number of hydrogen-bond acceptors (Lipinski definition) is 7. The van der Waals surface area contributed by atoms with E-state index in [-0.39, 0.29) is 19.0 Å². The van der Waals surface area contributed by atoms with E-state index in [9.17, 15) is 9.59 Å². The Morgan fingerprint density at radius 2 is 2.04 bits per heavy atom. The zero-order chi connectivity index (χ0) is 19.1. The average Bonchev–Trinajstić information content (AvgIpc) is 3.38. The van der Waals surface area contributed by atoms with Crippen molar-refractivity contribution in [2.24, 2.45) is 5.73 Å². The molecule has 1 unspecified atom stereocenters. The van der Waals surface area contributed by atoms with Gasteiger partial charge in [0.15, 0.2) is 0 Å². The number of aromatic amines is 1. The molecule has 0 fully saturated rings. The molecule has 0 saturated heterocycles. The summed E-state index contributed by atoms with van der Waals surface area (Å²) in [6, 6.07) is 8.77. The molecule has 0 spiro atoms. The summed E-state index contributed by atoms with van der Waals surface area (Å²) in [6.07, 6.45) is 3.55. The second-order valence-electron chi connectivity index (χ2n) is 5.70. The van der Waals surface area contributed by atoms with E-state index in [2.05, 4.69) is 30.7 Å². The molecule has 0 aliphatic rings. The van der Waals surface area contributed by atoms with Gasteiger partial charge in [0.25, 0.3) is 0 Å². The molecule has 0 bridgehead atoms. The minimum atomic E-state index is -0.585. The van der Waals surface area contributed by atoms with Crippen molar-refractivity contribution in [1.29, 1.82) is 0 Å². The predicted octanol–water partition coefficient (Wildman–Crippen LogP) is -0.0654. The smallest absolute Gasteiger partial charge is 0.249 e. The number of nitrogens with zero attached hydrogens (tertiary/aromatic N) is 3. The molecule has 10 nitrogen and oxygen atoms in total. The lowest BCUT2D eigenvalue weighted by Gasteiger charge is -2.14. The normalized spacial score (nSPS) is 11.7. The summed E-state index contributed by atoms with van der Waals surface area (Å²) < 4.78 is 5.36. The van der Waals surface area contributed by atoms with Gasteiger partial charge in [0, 0.05) is 23.9 Å². The first-order chi connectivity index (χ1) is 13.2. The average molecular weight is 369 g/mol. The highest BCUT2D eigenvalue weighted by molar-refractivity contribution is 5.85. The van der Waals surface area contributed by atoms with Gasteiger partial charge in [0.2, 0.25) is 23.5 Å². The number of carbonyl (C=O) groups is 2. The van der Waals surface area contributed by atoms with E-state index in [0.29, 0.717) is 12.2 Å². The number of nitrogens with one attached hydrogen (secondary N) is 3. The fourth-order valence-electron chi connectivity index (χ4n) is 2.39. The molecule has 0 radical (unpaired) electrons. The number of imidazole rings is 1. The molecule has 10 heteroatoms. The Morgan fingerprint density at radius 3 is 2.74 bits per heavy atom. The number of aromatic nitrogens is 4. The maximum absolute atomic E-state index is 12.2. The van der Waals surface area contributed by atoms with Crippen LogP contribution in [-0.2, 0) is 16.0 Å². The van der Waals surface area contributed by atoms with Gasteiger partial charge < -0.3 is 25.9 Å². The van der Waals surface area contributed by atoms with Crippen molar-refractivity contribution in [3.8, 4) is 11.4 Å². The van der Waals surface area contributed by atoms with Gasteiger partial charge in [0.1, 0.15) is 6.04 Å². The highest BCUT2D eigenvalue weighted by atomic mass is 16.5. The topological polar surface area (TPSA) is 152 Å². The Labute approximate surface area is 154 Å². The predicted molar refractivity (Wildman–Crippen MR) is 95.0 cm³/mol. The third-order valence-corrected chi connectivity index (χ3v) is 3.72. The van der Waals surface area contributed by atoms with Crippen molar-refractivity contribution >= 4 is 11.8 Å². The van der Waals surface area contributed by atoms with Gasteiger partial charge >= 0.3 is 0 Å². The molecule has 0 aliphatic heterocycles. The minimum Gasteiger partial charge on any atom is -0.348 e. The highest BCUT2D eigenvalue weighted by Gasteiger charge is 2.23. The third-order valence-electron chi connectivity index (χ3n) is 3.72. The molecule has 0 saturated carbocycles. The molecular formula is C17H19N7O3. The Bertz CT molecular complexity index is 877. The minimum absolute atomic E-state index is 0.186. The Morgan fingerprint density at radius 1 is 1.22 bits per heavy atom. The second kappa shape index (κ2) is 8.72. The van der Waals surface area contributed by atoms with Crippen LogP contribution >= 0.6 is 0 Å². The van der Waals surface area contributed by atoms with E-state index in [1.54, 1.807) is 12.5 Å². The maximum atomic E-state index is 12.2. The zero-order valence-corrected chi connectivity index (χ0v) is 14.4. The summed E-state index contributed by atoms with van der Waals surface area (Å²) in [4.78, 5) is 34.7. The Balaban J connectivity index is 1.75. The third kappa shape index (κ3) is 4.98. The first-order valence-electron chi connectivity index (χ1n) is 8.28. The summed E-state index contributed by atoms with van der Waals surface area (Å²) in [5.74, 6) is -0.145. The van der Waals surface area contributed by atoms with E-state index < -0.39 is 17.9 Å². The summed E-state index contributed by atoms with van der Waals surface area (Å²) in [6.45, 7) is -0.385. The van der Waals surface area contributed by atoms with E-state index >= 15 is 0 Å². The SMILES string of the molecule is NCC(=O)NCC(=O)NC(Cc1cnc[nH]1)c1nc(-c2ccccc2)no1. The maximum Gasteiger partial charge on any atom is 0.249 e.